The fourth-order valence-electron chi connectivity index (χ4n) is 3.69. The van der Waals surface area contributed by atoms with E-state index < -0.39 is 0 Å². The summed E-state index contributed by atoms with van der Waals surface area (Å²) in [5.74, 6) is 1.11. The molecule has 24 heavy (non-hydrogen) atoms. The molecule has 3 fully saturated rings. The standard InChI is InChI=1S/C16H28N4O3.HI/c1-2-17-15(18-9-13-10-22-6-7-23-13)20-5-3-4-16(12-20)8-14(21)19-11-16;/h13H,2-12H2,1H3,(H,17,18)(H,19,21);1H. The highest BCUT2D eigenvalue weighted by Crippen LogP contribution is 2.35. The quantitative estimate of drug-likeness (QED) is 0.373. The maximum Gasteiger partial charge on any atom is 0.220 e. The third kappa shape index (κ3) is 4.95. The average Bonchev–Trinajstić information content (AvgIpc) is 2.92. The Labute approximate surface area is 160 Å². The molecule has 3 aliphatic heterocycles. The molecule has 8 heteroatoms. The molecule has 0 aromatic carbocycles. The molecule has 3 saturated heterocycles. The van der Waals surface area contributed by atoms with Gasteiger partial charge in [0.05, 0.1) is 26.4 Å². The molecule has 0 aromatic heterocycles. The van der Waals surface area contributed by atoms with Crippen molar-refractivity contribution in [2.45, 2.75) is 32.3 Å². The third-order valence-electron chi connectivity index (χ3n) is 4.82. The number of hydrogen-bond acceptors (Lipinski definition) is 4. The van der Waals surface area contributed by atoms with E-state index in [1.807, 2.05) is 0 Å². The summed E-state index contributed by atoms with van der Waals surface area (Å²) in [7, 11) is 0. The normalized spacial score (nSPS) is 30.9. The van der Waals surface area contributed by atoms with Crippen LogP contribution in [-0.4, -0.2) is 75.4 Å². The molecule has 0 radical (unpaired) electrons. The number of carbonyl (C=O) groups excluding carboxylic acids is 1. The van der Waals surface area contributed by atoms with Crippen LogP contribution >= 0.6 is 24.0 Å². The van der Waals surface area contributed by atoms with Gasteiger partial charge in [0.1, 0.15) is 6.10 Å². The van der Waals surface area contributed by atoms with Gasteiger partial charge in [0.15, 0.2) is 5.96 Å². The summed E-state index contributed by atoms with van der Waals surface area (Å²) in [6, 6.07) is 0. The van der Waals surface area contributed by atoms with Crippen LogP contribution in [0.2, 0.25) is 0 Å². The van der Waals surface area contributed by atoms with Crippen molar-refractivity contribution in [3.8, 4) is 0 Å². The molecule has 2 unspecified atom stereocenters. The van der Waals surface area contributed by atoms with Gasteiger partial charge < -0.3 is 25.0 Å². The predicted molar refractivity (Wildman–Crippen MR) is 103 cm³/mol. The minimum absolute atomic E-state index is 0. The van der Waals surface area contributed by atoms with E-state index in [2.05, 4.69) is 22.5 Å². The van der Waals surface area contributed by atoms with E-state index in [1.54, 1.807) is 0 Å². The van der Waals surface area contributed by atoms with Crippen molar-refractivity contribution >= 4 is 35.8 Å². The maximum atomic E-state index is 11.6. The molecule has 3 heterocycles. The lowest BCUT2D eigenvalue weighted by Gasteiger charge is -2.41. The molecule has 3 aliphatic rings. The van der Waals surface area contributed by atoms with Crippen LogP contribution in [0.15, 0.2) is 4.99 Å². The summed E-state index contributed by atoms with van der Waals surface area (Å²) >= 11 is 0. The van der Waals surface area contributed by atoms with Gasteiger partial charge in [0, 0.05) is 38.0 Å². The highest BCUT2D eigenvalue weighted by molar-refractivity contribution is 14.0. The van der Waals surface area contributed by atoms with Gasteiger partial charge in [-0.05, 0) is 19.8 Å². The second-order valence-corrected chi connectivity index (χ2v) is 6.74. The zero-order chi connectivity index (χ0) is 16.1. The van der Waals surface area contributed by atoms with E-state index >= 15 is 0 Å². The van der Waals surface area contributed by atoms with Crippen molar-refractivity contribution < 1.29 is 14.3 Å². The van der Waals surface area contributed by atoms with Gasteiger partial charge in [-0.3, -0.25) is 9.79 Å². The molecule has 138 valence electrons. The Balaban J connectivity index is 0.00000208. The number of nitrogens with zero attached hydrogens (tertiary/aromatic N) is 2. The van der Waals surface area contributed by atoms with E-state index in [9.17, 15) is 4.79 Å². The summed E-state index contributed by atoms with van der Waals surface area (Å²) in [5, 5.41) is 6.38. The number of halogens is 1. The van der Waals surface area contributed by atoms with Crippen LogP contribution in [-0.2, 0) is 14.3 Å². The highest BCUT2D eigenvalue weighted by atomic mass is 127. The van der Waals surface area contributed by atoms with Gasteiger partial charge in [-0.1, -0.05) is 0 Å². The monoisotopic (exact) mass is 452 g/mol. The number of carbonyl (C=O) groups is 1. The predicted octanol–water partition coefficient (Wildman–Crippen LogP) is 0.587. The lowest BCUT2D eigenvalue weighted by molar-refractivity contribution is -0.119. The van der Waals surface area contributed by atoms with Crippen LogP contribution in [0.4, 0.5) is 0 Å². The number of aliphatic imine (C=N–C) groups is 1. The molecule has 1 spiro atoms. The van der Waals surface area contributed by atoms with Crippen LogP contribution in [0.1, 0.15) is 26.2 Å². The maximum absolute atomic E-state index is 11.6. The number of rotatable bonds is 3. The number of likely N-dealkylation sites (tertiary alicyclic amines) is 1. The number of piperidine rings is 1. The molecular weight excluding hydrogens is 423 g/mol. The van der Waals surface area contributed by atoms with E-state index in [0.29, 0.717) is 32.8 Å². The van der Waals surface area contributed by atoms with Gasteiger partial charge in [0.2, 0.25) is 5.91 Å². The van der Waals surface area contributed by atoms with Crippen molar-refractivity contribution in [1.82, 2.24) is 15.5 Å². The summed E-state index contributed by atoms with van der Waals surface area (Å²) in [5.41, 5.74) is 0.0793. The molecule has 2 atom stereocenters. The molecule has 0 aromatic rings. The van der Waals surface area contributed by atoms with E-state index in [4.69, 9.17) is 14.5 Å². The summed E-state index contributed by atoms with van der Waals surface area (Å²) in [4.78, 5) is 18.7. The van der Waals surface area contributed by atoms with Crippen molar-refractivity contribution in [2.75, 3.05) is 52.5 Å². The fourth-order valence-corrected chi connectivity index (χ4v) is 3.69. The third-order valence-corrected chi connectivity index (χ3v) is 4.82. The van der Waals surface area contributed by atoms with Crippen molar-refractivity contribution in [1.29, 1.82) is 0 Å². The summed E-state index contributed by atoms with van der Waals surface area (Å²) in [6.45, 7) is 8.14. The van der Waals surface area contributed by atoms with Crippen molar-refractivity contribution in [2.24, 2.45) is 10.4 Å². The second-order valence-electron chi connectivity index (χ2n) is 6.74. The second kappa shape index (κ2) is 9.19. The van der Waals surface area contributed by atoms with Crippen LogP contribution in [0.25, 0.3) is 0 Å². The number of hydrogen-bond donors (Lipinski definition) is 2. The molecule has 2 N–H and O–H groups in total. The van der Waals surface area contributed by atoms with Gasteiger partial charge in [-0.25, -0.2) is 0 Å². The molecule has 7 nitrogen and oxygen atoms in total. The molecule has 1 amide bonds. The highest BCUT2D eigenvalue weighted by Gasteiger charge is 2.42. The Bertz CT molecular complexity index is 457. The van der Waals surface area contributed by atoms with Gasteiger partial charge in [0.25, 0.3) is 0 Å². The topological polar surface area (TPSA) is 75.2 Å². The molecule has 0 aliphatic carbocycles. The Morgan fingerprint density at radius 2 is 2.38 bits per heavy atom. The zero-order valence-electron chi connectivity index (χ0n) is 14.4. The van der Waals surface area contributed by atoms with E-state index in [0.717, 1.165) is 45.0 Å². The average molecular weight is 452 g/mol. The first-order chi connectivity index (χ1) is 11.2. The van der Waals surface area contributed by atoms with Crippen LogP contribution in [0.5, 0.6) is 0 Å². The molecule has 0 saturated carbocycles. The summed E-state index contributed by atoms with van der Waals surface area (Å²) < 4.78 is 11.1. The number of nitrogens with one attached hydrogen (secondary N) is 2. The minimum Gasteiger partial charge on any atom is -0.376 e. The first-order valence-electron chi connectivity index (χ1n) is 8.70. The number of guanidine groups is 1. The SMILES string of the molecule is CCNC(=NCC1COCCO1)N1CCCC2(CNC(=O)C2)C1.I. The Morgan fingerprint density at radius 3 is 3.04 bits per heavy atom. The van der Waals surface area contributed by atoms with Crippen molar-refractivity contribution in [3.05, 3.63) is 0 Å². The van der Waals surface area contributed by atoms with Crippen LogP contribution in [0.3, 0.4) is 0 Å². The van der Waals surface area contributed by atoms with Crippen LogP contribution < -0.4 is 10.6 Å². The molecule has 0 bridgehead atoms. The zero-order valence-corrected chi connectivity index (χ0v) is 16.7. The Morgan fingerprint density at radius 1 is 1.50 bits per heavy atom. The Kier molecular flexibility index (Phi) is 7.55. The first kappa shape index (κ1) is 19.7. The fraction of sp³-hybridized carbons (Fsp3) is 0.875. The van der Waals surface area contributed by atoms with Gasteiger partial charge in [-0.2, -0.15) is 0 Å². The van der Waals surface area contributed by atoms with Gasteiger partial charge in [-0.15, -0.1) is 24.0 Å². The van der Waals surface area contributed by atoms with Gasteiger partial charge >= 0.3 is 0 Å². The largest absolute Gasteiger partial charge is 0.376 e. The lowest BCUT2D eigenvalue weighted by Crippen LogP contribution is -2.51. The van der Waals surface area contributed by atoms with E-state index in [-0.39, 0.29) is 41.4 Å². The van der Waals surface area contributed by atoms with Crippen molar-refractivity contribution in [3.63, 3.8) is 0 Å². The molecule has 3 rings (SSSR count). The lowest BCUT2D eigenvalue weighted by atomic mass is 9.79. The van der Waals surface area contributed by atoms with E-state index in [1.165, 1.54) is 0 Å². The molecular formula is C16H29IN4O3. The minimum atomic E-state index is 0. The number of amides is 1. The first-order valence-corrected chi connectivity index (χ1v) is 8.70. The smallest absolute Gasteiger partial charge is 0.220 e. The summed E-state index contributed by atoms with van der Waals surface area (Å²) in [6.07, 6.45) is 2.90. The van der Waals surface area contributed by atoms with Crippen LogP contribution in [0, 0.1) is 5.41 Å². The number of ether oxygens (including phenoxy) is 2. The Hall–Kier alpha value is -0.610.